The van der Waals surface area contributed by atoms with Gasteiger partial charge in [0.15, 0.2) is 0 Å². The maximum absolute atomic E-state index is 6.32. The predicted octanol–water partition coefficient (Wildman–Crippen LogP) is 8.88. The number of rotatable bonds is 8. The summed E-state index contributed by atoms with van der Waals surface area (Å²) in [4.78, 5) is 22.9. The number of aromatic nitrogens is 7. The molecule has 4 aromatic carbocycles. The Morgan fingerprint density at radius 3 is 1.51 bits per heavy atom. The number of imidazole rings is 1. The van der Waals surface area contributed by atoms with Gasteiger partial charge in [0.2, 0.25) is 5.95 Å². The zero-order valence-corrected chi connectivity index (χ0v) is 32.3. The summed E-state index contributed by atoms with van der Waals surface area (Å²) < 4.78 is 16.5. The Hall–Kier alpha value is -5.75. The van der Waals surface area contributed by atoms with Gasteiger partial charge in [0, 0.05) is 67.2 Å². The normalized spacial score (nSPS) is 10.8. The van der Waals surface area contributed by atoms with E-state index in [0.717, 1.165) is 44.7 Å². The fraction of sp³-hybridized carbons (Fsp3) is 0.0238. The summed E-state index contributed by atoms with van der Waals surface area (Å²) >= 11 is 0. The molecule has 0 radical (unpaired) electrons. The molecular weight excluding hydrogens is 1020 g/mol. The van der Waals surface area contributed by atoms with Gasteiger partial charge < -0.3 is 28.6 Å². The number of benzene rings is 4. The van der Waals surface area contributed by atoms with Gasteiger partial charge in [-0.25, -0.2) is 15.0 Å². The number of ether oxygens (including phenoxy) is 2. The molecule has 0 N–H and O–H groups in total. The van der Waals surface area contributed by atoms with Gasteiger partial charge in [0.05, 0.1) is 5.56 Å². The number of hydrogen-bond acceptors (Lipinski definition) is 7. The van der Waals surface area contributed by atoms with E-state index in [4.69, 9.17) is 19.4 Å². The maximum atomic E-state index is 6.32. The van der Waals surface area contributed by atoms with Crippen molar-refractivity contribution in [2.45, 2.75) is 0 Å². The van der Waals surface area contributed by atoms with Crippen LogP contribution in [0.15, 0.2) is 134 Å². The topological polar surface area (TPSA) is 92.8 Å². The van der Waals surface area contributed by atoms with Gasteiger partial charge in [-0.1, -0.05) is 47.4 Å². The molecule has 11 heteroatoms. The van der Waals surface area contributed by atoms with Crippen LogP contribution in [0.1, 0.15) is 0 Å². The monoisotopic (exact) mass is 1050 g/mol. The second kappa shape index (κ2) is 15.5. The second-order valence-electron chi connectivity index (χ2n) is 11.6. The van der Waals surface area contributed by atoms with Gasteiger partial charge >= 0.3 is 42.1 Å². The molecule has 0 bridgehead atoms. The van der Waals surface area contributed by atoms with E-state index in [1.807, 2.05) is 119 Å². The summed E-state index contributed by atoms with van der Waals surface area (Å²) in [6.45, 7) is 0. The van der Waals surface area contributed by atoms with Crippen LogP contribution in [-0.4, -0.2) is 34.1 Å². The minimum absolute atomic E-state index is 0. The van der Waals surface area contributed by atoms with Gasteiger partial charge in [-0.3, -0.25) is 0 Å². The first-order valence-corrected chi connectivity index (χ1v) is 16.1. The van der Waals surface area contributed by atoms with Crippen molar-refractivity contribution in [1.29, 1.82) is 0 Å². The third-order valence-electron chi connectivity index (χ3n) is 8.31. The predicted molar refractivity (Wildman–Crippen MR) is 193 cm³/mol. The number of pyridine rings is 2. The van der Waals surface area contributed by atoms with E-state index in [1.165, 1.54) is 0 Å². The molecule has 0 aliphatic carbocycles. The Labute approximate surface area is 333 Å². The first-order valence-electron chi connectivity index (χ1n) is 16.1. The van der Waals surface area contributed by atoms with Crippen LogP contribution in [0.2, 0.25) is 0 Å². The van der Waals surface area contributed by atoms with Gasteiger partial charge in [-0.15, -0.1) is 71.8 Å². The summed E-state index contributed by atoms with van der Waals surface area (Å²) in [6.07, 6.45) is 10.7. The fourth-order valence-corrected chi connectivity index (χ4v) is 5.94. The maximum Gasteiger partial charge on any atom is 2.00 e. The smallest absolute Gasteiger partial charge is 0.503 e. The average Bonchev–Trinajstić information content (AvgIpc) is 3.76. The largest absolute Gasteiger partial charge is 2.00 e. The summed E-state index contributed by atoms with van der Waals surface area (Å²) in [7, 11) is 1.93. The van der Waals surface area contributed by atoms with Crippen molar-refractivity contribution >= 4 is 21.8 Å². The Bertz CT molecular complexity index is 2520. The van der Waals surface area contributed by atoms with E-state index < -0.39 is 0 Å². The van der Waals surface area contributed by atoms with Crippen molar-refractivity contribution in [3.63, 3.8) is 0 Å². The molecule has 0 amide bonds. The Morgan fingerprint density at radius 1 is 0.509 bits per heavy atom. The van der Waals surface area contributed by atoms with Crippen LogP contribution < -0.4 is 9.47 Å². The molecule has 9 aromatic rings. The summed E-state index contributed by atoms with van der Waals surface area (Å²) in [5, 5.41) is 1.85. The first kappa shape index (κ1) is 35.6. The van der Waals surface area contributed by atoms with Gasteiger partial charge in [-0.2, -0.15) is 22.9 Å². The molecule has 0 aliphatic heterocycles. The minimum Gasteiger partial charge on any atom is -0.503 e. The Morgan fingerprint density at radius 2 is 1.04 bits per heavy atom. The van der Waals surface area contributed by atoms with Crippen LogP contribution in [0.3, 0.4) is 0 Å². The summed E-state index contributed by atoms with van der Waals surface area (Å²) in [5.74, 6) is 3.28. The van der Waals surface area contributed by atoms with E-state index in [-0.39, 0.29) is 42.1 Å². The molecule has 0 aliphatic rings. The van der Waals surface area contributed by atoms with Crippen LogP contribution in [0, 0.1) is 24.3 Å². The van der Waals surface area contributed by atoms with Gasteiger partial charge in [0.1, 0.15) is 5.82 Å². The third kappa shape index (κ3) is 7.19. The van der Waals surface area contributed by atoms with Gasteiger partial charge in [-0.05, 0) is 23.5 Å². The zero-order valence-electron chi connectivity index (χ0n) is 27.8. The van der Waals surface area contributed by atoms with Crippen LogP contribution in [0.4, 0.5) is 0 Å². The quantitative estimate of drug-likeness (QED) is 0.141. The van der Waals surface area contributed by atoms with Crippen molar-refractivity contribution in [2.75, 3.05) is 0 Å². The third-order valence-corrected chi connectivity index (χ3v) is 8.31. The number of hydrogen-bond donors (Lipinski definition) is 0. The summed E-state index contributed by atoms with van der Waals surface area (Å²) in [6, 6.07) is 44.4. The molecule has 9 rings (SSSR count). The molecule has 0 unspecified atom stereocenters. The van der Waals surface area contributed by atoms with E-state index in [1.54, 1.807) is 31.0 Å². The number of fused-ring (bicyclic) bond motifs is 3. The molecule has 5 heterocycles. The Kier molecular flexibility index (Phi) is 10.4. The molecule has 53 heavy (non-hydrogen) atoms. The molecule has 0 fully saturated rings. The number of nitrogens with zero attached hydrogens (tertiary/aromatic N) is 7. The molecule has 0 spiro atoms. The van der Waals surface area contributed by atoms with Crippen LogP contribution in [0.5, 0.6) is 23.0 Å². The molecule has 0 atom stereocenters. The minimum atomic E-state index is 0. The number of aryl methyl sites for hydroxylation is 1. The van der Waals surface area contributed by atoms with Crippen LogP contribution in [0.25, 0.3) is 61.7 Å². The van der Waals surface area contributed by atoms with Gasteiger partial charge in [0.25, 0.3) is 0 Å². The molecular formula is C42H25N7O2Pt2. The van der Waals surface area contributed by atoms with E-state index >= 15 is 0 Å². The fourth-order valence-electron chi connectivity index (χ4n) is 5.94. The van der Waals surface area contributed by atoms with Crippen molar-refractivity contribution in [3.05, 3.63) is 159 Å². The Balaban J connectivity index is 0.00000218. The van der Waals surface area contributed by atoms with E-state index in [0.29, 0.717) is 40.0 Å². The van der Waals surface area contributed by atoms with Crippen molar-refractivity contribution < 1.29 is 51.6 Å². The average molecular weight is 1050 g/mol. The molecule has 0 saturated carbocycles. The van der Waals surface area contributed by atoms with Crippen molar-refractivity contribution in [2.24, 2.45) is 7.05 Å². The molecule has 260 valence electrons. The van der Waals surface area contributed by atoms with E-state index in [9.17, 15) is 0 Å². The first-order chi connectivity index (χ1) is 25.2. The van der Waals surface area contributed by atoms with Crippen LogP contribution in [-0.2, 0) is 49.2 Å². The van der Waals surface area contributed by atoms with Crippen LogP contribution >= 0.6 is 0 Å². The SMILES string of the molecule is Cn1ccnc1-c1cnc(-n2c3[c-]c(Oc4[c-]c(-c5ccccn5)ccc4)ccc3c3ccc(Oc4[c-]c(-c5ccccn5)ccc4)[c-]c32)nc1.[Pt+2].[Pt+2]. The van der Waals surface area contributed by atoms with Crippen molar-refractivity contribution in [3.8, 4) is 62.8 Å². The van der Waals surface area contributed by atoms with E-state index in [2.05, 4.69) is 39.2 Å². The molecule has 9 nitrogen and oxygen atoms in total. The standard InChI is InChI=1S/C42H25N7O2.2Pt/c1-48-21-20-45-41(48)30-26-46-42(47-27-30)49-39-24-33(50-31-10-6-8-28(22-31)37-12-2-4-18-43-37)14-16-35(39)36-17-15-34(25-40(36)49)51-32-11-7-9-29(23-32)38-13-3-5-19-44-38;;/h2-21,26-27H,1H3;;/q-4;2*+2. The second-order valence-corrected chi connectivity index (χ2v) is 11.6. The summed E-state index contributed by atoms with van der Waals surface area (Å²) in [5.41, 5.74) is 5.49. The molecule has 0 saturated heterocycles. The zero-order chi connectivity index (χ0) is 34.1. The molecule has 5 aromatic heterocycles. The van der Waals surface area contributed by atoms with Crippen molar-refractivity contribution in [1.82, 2.24) is 34.1 Å².